The lowest BCUT2D eigenvalue weighted by atomic mass is 10.1. The number of benzene rings is 1. The molecule has 0 aliphatic carbocycles. The van der Waals surface area contributed by atoms with Crippen LogP contribution in [0.1, 0.15) is 58.5 Å². The van der Waals surface area contributed by atoms with Gasteiger partial charge in [-0.1, -0.05) is 26.8 Å². The number of anilines is 3. The maximum absolute atomic E-state index is 15.0. The zero-order valence-corrected chi connectivity index (χ0v) is 24.6. The fraction of sp³-hybridized carbons (Fsp3) is 0.467. The molecule has 4 heterocycles. The Kier molecular flexibility index (Phi) is 9.65. The van der Waals surface area contributed by atoms with E-state index >= 15 is 4.39 Å². The van der Waals surface area contributed by atoms with E-state index < -0.39 is 5.82 Å². The third-order valence-corrected chi connectivity index (χ3v) is 7.01. The summed E-state index contributed by atoms with van der Waals surface area (Å²) in [5.74, 6) is 1.33. The molecule has 1 fully saturated rings. The smallest absolute Gasteiger partial charge is 0.229 e. The standard InChI is InChI=1S/C28H36FN9.C2H6/c1-5-8-36-9-11-37(12-10-36)17-20-6-7-25(31-15-20)34-28-32-16-23(30)26(35-28)21-13-22(29)27-24(14-21)38(18(2)3)19(4)33-27;1-2/h6-7,13-16,18H,5,8-12,17,30H2,1-4H3,(H,31,32,34,35);1-2H3. The number of nitrogen functional groups attached to an aromatic ring is 1. The predicted molar refractivity (Wildman–Crippen MR) is 161 cm³/mol. The van der Waals surface area contributed by atoms with Gasteiger partial charge in [0.05, 0.1) is 23.1 Å². The van der Waals surface area contributed by atoms with Crippen LogP contribution in [0.3, 0.4) is 0 Å². The van der Waals surface area contributed by atoms with Crippen LogP contribution in [0.25, 0.3) is 22.3 Å². The molecule has 3 N–H and O–H groups in total. The lowest BCUT2D eigenvalue weighted by Gasteiger charge is -2.34. The molecule has 40 heavy (non-hydrogen) atoms. The fourth-order valence-corrected chi connectivity index (χ4v) is 5.19. The van der Waals surface area contributed by atoms with Gasteiger partial charge in [-0.05, 0) is 57.5 Å². The first-order valence-corrected chi connectivity index (χ1v) is 14.3. The van der Waals surface area contributed by atoms with Crippen molar-refractivity contribution in [1.82, 2.24) is 34.3 Å². The van der Waals surface area contributed by atoms with Gasteiger partial charge >= 0.3 is 0 Å². The Balaban J connectivity index is 0.00000181. The Morgan fingerprint density at radius 2 is 1.73 bits per heavy atom. The van der Waals surface area contributed by atoms with Crippen LogP contribution in [0.5, 0.6) is 0 Å². The molecule has 0 spiro atoms. The van der Waals surface area contributed by atoms with Gasteiger partial charge in [-0.2, -0.15) is 0 Å². The molecule has 1 saturated heterocycles. The van der Waals surface area contributed by atoms with E-state index in [0.29, 0.717) is 39.7 Å². The SMILES string of the molecule is CC.CCCN1CCN(Cc2ccc(Nc3ncc(N)c(-c4cc(F)c5nc(C)n(C(C)C)c5c4)n3)nc2)CC1. The summed E-state index contributed by atoms with van der Waals surface area (Å²) in [5, 5.41) is 3.16. The van der Waals surface area contributed by atoms with Crippen molar-refractivity contribution in [2.75, 3.05) is 43.8 Å². The third kappa shape index (κ3) is 6.56. The molecule has 1 aliphatic rings. The second-order valence-electron chi connectivity index (χ2n) is 10.2. The minimum Gasteiger partial charge on any atom is -0.396 e. The number of pyridine rings is 1. The van der Waals surface area contributed by atoms with Gasteiger partial charge in [-0.25, -0.2) is 24.3 Å². The largest absolute Gasteiger partial charge is 0.396 e. The average molecular weight is 548 g/mol. The Labute approximate surface area is 236 Å². The first kappa shape index (κ1) is 29.4. The van der Waals surface area contributed by atoms with Crippen molar-refractivity contribution in [3.05, 3.63) is 53.9 Å². The molecule has 5 rings (SSSR count). The van der Waals surface area contributed by atoms with E-state index in [1.54, 1.807) is 0 Å². The highest BCUT2D eigenvalue weighted by Gasteiger charge is 2.18. The van der Waals surface area contributed by atoms with Gasteiger partial charge in [0.25, 0.3) is 0 Å². The highest BCUT2D eigenvalue weighted by molar-refractivity contribution is 5.85. The fourth-order valence-electron chi connectivity index (χ4n) is 5.19. The number of hydrogen-bond donors (Lipinski definition) is 2. The molecule has 0 saturated carbocycles. The van der Waals surface area contributed by atoms with Crippen molar-refractivity contribution in [3.8, 4) is 11.3 Å². The predicted octanol–water partition coefficient (Wildman–Crippen LogP) is 5.80. The van der Waals surface area contributed by atoms with Crippen molar-refractivity contribution < 1.29 is 4.39 Å². The first-order valence-electron chi connectivity index (χ1n) is 14.3. The molecule has 10 heteroatoms. The molecule has 0 atom stereocenters. The average Bonchev–Trinajstić information content (AvgIpc) is 3.30. The number of aryl methyl sites for hydroxylation is 1. The molecular weight excluding hydrogens is 505 g/mol. The molecule has 1 aliphatic heterocycles. The maximum Gasteiger partial charge on any atom is 0.229 e. The summed E-state index contributed by atoms with van der Waals surface area (Å²) in [6, 6.07) is 7.45. The van der Waals surface area contributed by atoms with Crippen molar-refractivity contribution in [1.29, 1.82) is 0 Å². The van der Waals surface area contributed by atoms with Gasteiger partial charge in [0.1, 0.15) is 17.2 Å². The van der Waals surface area contributed by atoms with E-state index in [9.17, 15) is 0 Å². The number of rotatable bonds is 8. The Bertz CT molecular complexity index is 1410. The van der Waals surface area contributed by atoms with Gasteiger partial charge in [0, 0.05) is 50.5 Å². The summed E-state index contributed by atoms with van der Waals surface area (Å²) < 4.78 is 17.0. The van der Waals surface area contributed by atoms with Crippen LogP contribution in [0.4, 0.5) is 21.8 Å². The lowest BCUT2D eigenvalue weighted by molar-refractivity contribution is 0.127. The van der Waals surface area contributed by atoms with Crippen molar-refractivity contribution in [2.45, 2.75) is 60.5 Å². The summed E-state index contributed by atoms with van der Waals surface area (Å²) in [6.07, 6.45) is 4.62. The minimum atomic E-state index is -0.406. The molecule has 214 valence electrons. The van der Waals surface area contributed by atoms with Crippen LogP contribution in [0.2, 0.25) is 0 Å². The molecule has 0 radical (unpaired) electrons. The monoisotopic (exact) mass is 547 g/mol. The second-order valence-corrected chi connectivity index (χ2v) is 10.2. The number of aromatic nitrogens is 5. The van der Waals surface area contributed by atoms with E-state index in [0.717, 1.165) is 38.5 Å². The number of halogens is 1. The van der Waals surface area contributed by atoms with E-state index in [-0.39, 0.29) is 6.04 Å². The van der Waals surface area contributed by atoms with Gasteiger partial charge < -0.3 is 20.5 Å². The van der Waals surface area contributed by atoms with Crippen LogP contribution in [-0.4, -0.2) is 67.0 Å². The highest BCUT2D eigenvalue weighted by Crippen LogP contribution is 2.31. The topological polar surface area (TPSA) is 101 Å². The zero-order valence-electron chi connectivity index (χ0n) is 24.6. The van der Waals surface area contributed by atoms with E-state index in [1.165, 1.54) is 30.8 Å². The Morgan fingerprint density at radius 3 is 2.38 bits per heavy atom. The molecule has 0 amide bonds. The van der Waals surface area contributed by atoms with Crippen LogP contribution < -0.4 is 11.1 Å². The number of fused-ring (bicyclic) bond motifs is 1. The van der Waals surface area contributed by atoms with E-state index in [4.69, 9.17) is 5.73 Å². The van der Waals surface area contributed by atoms with Crippen molar-refractivity contribution in [3.63, 3.8) is 0 Å². The number of nitrogens with zero attached hydrogens (tertiary/aromatic N) is 7. The van der Waals surface area contributed by atoms with Crippen LogP contribution >= 0.6 is 0 Å². The minimum absolute atomic E-state index is 0.134. The molecule has 0 bridgehead atoms. The van der Waals surface area contributed by atoms with Crippen molar-refractivity contribution in [2.24, 2.45) is 0 Å². The van der Waals surface area contributed by atoms with Crippen LogP contribution in [0.15, 0.2) is 36.7 Å². The molecular formula is C30H42FN9. The molecule has 1 aromatic carbocycles. The molecule has 0 unspecified atom stereocenters. The highest BCUT2D eigenvalue weighted by atomic mass is 19.1. The van der Waals surface area contributed by atoms with Gasteiger partial charge in [-0.15, -0.1) is 0 Å². The quantitative estimate of drug-likeness (QED) is 0.286. The van der Waals surface area contributed by atoms with Gasteiger partial charge in [0.15, 0.2) is 5.82 Å². The van der Waals surface area contributed by atoms with Crippen LogP contribution in [-0.2, 0) is 6.54 Å². The summed E-state index contributed by atoms with van der Waals surface area (Å²) >= 11 is 0. The number of nitrogens with one attached hydrogen (secondary N) is 1. The summed E-state index contributed by atoms with van der Waals surface area (Å²) in [7, 11) is 0. The second kappa shape index (κ2) is 13.1. The lowest BCUT2D eigenvalue weighted by Crippen LogP contribution is -2.45. The van der Waals surface area contributed by atoms with E-state index in [2.05, 4.69) is 48.0 Å². The van der Waals surface area contributed by atoms with Gasteiger partial charge in [-0.3, -0.25) is 4.90 Å². The molecule has 3 aromatic heterocycles. The number of imidazole rings is 1. The van der Waals surface area contributed by atoms with Crippen molar-refractivity contribution >= 4 is 28.5 Å². The zero-order chi connectivity index (χ0) is 28.8. The normalized spacial score (nSPS) is 14.4. The maximum atomic E-state index is 15.0. The summed E-state index contributed by atoms with van der Waals surface area (Å²) in [5.41, 5.74) is 9.84. The number of piperazine rings is 1. The first-order chi connectivity index (χ1) is 19.3. The third-order valence-electron chi connectivity index (χ3n) is 7.01. The van der Waals surface area contributed by atoms with E-state index in [1.807, 2.05) is 57.5 Å². The van der Waals surface area contributed by atoms with Gasteiger partial charge in [0.2, 0.25) is 5.95 Å². The Hall–Kier alpha value is -3.63. The molecule has 4 aromatic rings. The van der Waals surface area contributed by atoms with Crippen LogP contribution in [0, 0.1) is 12.7 Å². The Morgan fingerprint density at radius 1 is 1.00 bits per heavy atom. The number of hydrogen-bond acceptors (Lipinski definition) is 8. The molecule has 9 nitrogen and oxygen atoms in total. The number of nitrogens with two attached hydrogens (primary N) is 1. The summed E-state index contributed by atoms with van der Waals surface area (Å²) in [4.78, 5) is 22.9. The summed E-state index contributed by atoms with van der Waals surface area (Å²) in [6.45, 7) is 18.7.